The molecule has 1 aliphatic rings. The maximum Gasteiger partial charge on any atom is 0.0919 e. The van der Waals surface area contributed by atoms with Gasteiger partial charge in [0.2, 0.25) is 0 Å². The molecule has 1 aliphatic heterocycles. The Kier molecular flexibility index (Phi) is 4.37. The van der Waals surface area contributed by atoms with Gasteiger partial charge in [-0.05, 0) is 24.6 Å². The fourth-order valence-corrected chi connectivity index (χ4v) is 2.66. The van der Waals surface area contributed by atoms with Gasteiger partial charge in [0.1, 0.15) is 0 Å². The molecule has 0 bridgehead atoms. The smallest absolute Gasteiger partial charge is 0.0919 e. The Morgan fingerprint density at radius 2 is 1.43 bits per heavy atom. The van der Waals surface area contributed by atoms with Gasteiger partial charge in [0.25, 0.3) is 0 Å². The minimum Gasteiger partial charge on any atom is -0.282 e. The Labute approximate surface area is 134 Å². The summed E-state index contributed by atoms with van der Waals surface area (Å²) >= 11 is 12.3. The SMILES string of the molecule is Clc1ccc(C2=NCCCN=C2c2ccccc2Cl)cc1. The van der Waals surface area contributed by atoms with Gasteiger partial charge < -0.3 is 0 Å². The van der Waals surface area contributed by atoms with Gasteiger partial charge in [0.05, 0.1) is 16.4 Å². The van der Waals surface area contributed by atoms with E-state index >= 15 is 0 Å². The van der Waals surface area contributed by atoms with Gasteiger partial charge in [0.15, 0.2) is 0 Å². The van der Waals surface area contributed by atoms with Crippen LogP contribution in [-0.2, 0) is 0 Å². The van der Waals surface area contributed by atoms with Gasteiger partial charge in [-0.25, -0.2) is 0 Å². The molecule has 1 heterocycles. The minimum absolute atomic E-state index is 0.694. The summed E-state index contributed by atoms with van der Waals surface area (Å²) in [5.74, 6) is 0. The quantitative estimate of drug-likeness (QED) is 0.768. The molecule has 0 amide bonds. The molecule has 0 N–H and O–H groups in total. The molecule has 4 heteroatoms. The molecule has 2 nitrogen and oxygen atoms in total. The average Bonchev–Trinajstić information content (AvgIpc) is 2.74. The van der Waals surface area contributed by atoms with Crippen molar-refractivity contribution in [2.75, 3.05) is 13.1 Å². The highest BCUT2D eigenvalue weighted by molar-refractivity contribution is 6.55. The first kappa shape index (κ1) is 14.3. The summed E-state index contributed by atoms with van der Waals surface area (Å²) < 4.78 is 0. The molecule has 0 radical (unpaired) electrons. The average molecular weight is 317 g/mol. The van der Waals surface area contributed by atoms with Crippen LogP contribution in [0.25, 0.3) is 0 Å². The molecular formula is C17H14Cl2N2. The molecular weight excluding hydrogens is 303 g/mol. The van der Waals surface area contributed by atoms with E-state index in [1.165, 1.54) is 0 Å². The Morgan fingerprint density at radius 3 is 2.14 bits per heavy atom. The maximum absolute atomic E-state index is 6.33. The van der Waals surface area contributed by atoms with Crippen LogP contribution in [0.5, 0.6) is 0 Å². The van der Waals surface area contributed by atoms with Crippen LogP contribution in [0.4, 0.5) is 0 Å². The number of hydrogen-bond donors (Lipinski definition) is 0. The van der Waals surface area contributed by atoms with E-state index in [2.05, 4.69) is 0 Å². The third kappa shape index (κ3) is 3.17. The Bertz CT molecular complexity index is 703. The van der Waals surface area contributed by atoms with E-state index in [0.29, 0.717) is 10.0 Å². The molecule has 0 saturated heterocycles. The summed E-state index contributed by atoms with van der Waals surface area (Å²) in [5, 5.41) is 1.41. The van der Waals surface area contributed by atoms with Crippen molar-refractivity contribution >= 4 is 34.6 Å². The number of nitrogens with zero attached hydrogens (tertiary/aromatic N) is 2. The van der Waals surface area contributed by atoms with E-state index in [1.807, 2.05) is 48.5 Å². The zero-order valence-corrected chi connectivity index (χ0v) is 12.9. The van der Waals surface area contributed by atoms with Crippen LogP contribution in [0.2, 0.25) is 10.0 Å². The van der Waals surface area contributed by atoms with E-state index in [9.17, 15) is 0 Å². The summed E-state index contributed by atoms with van der Waals surface area (Å²) in [7, 11) is 0. The minimum atomic E-state index is 0.694. The van der Waals surface area contributed by atoms with E-state index in [4.69, 9.17) is 33.2 Å². The van der Waals surface area contributed by atoms with Gasteiger partial charge in [0, 0.05) is 29.2 Å². The molecule has 0 saturated carbocycles. The molecule has 21 heavy (non-hydrogen) atoms. The van der Waals surface area contributed by atoms with Gasteiger partial charge in [-0.2, -0.15) is 0 Å². The third-order valence-electron chi connectivity index (χ3n) is 3.33. The van der Waals surface area contributed by atoms with Crippen molar-refractivity contribution in [1.29, 1.82) is 0 Å². The van der Waals surface area contributed by atoms with E-state index in [0.717, 1.165) is 42.1 Å². The van der Waals surface area contributed by atoms with E-state index in [-0.39, 0.29) is 0 Å². The number of aliphatic imine (C=N–C) groups is 2. The van der Waals surface area contributed by atoms with Crippen molar-refractivity contribution in [3.63, 3.8) is 0 Å². The largest absolute Gasteiger partial charge is 0.282 e. The molecule has 2 aromatic carbocycles. The molecule has 0 atom stereocenters. The van der Waals surface area contributed by atoms with Crippen molar-refractivity contribution in [1.82, 2.24) is 0 Å². The number of benzene rings is 2. The standard InChI is InChI=1S/C17H14Cl2N2/c18-13-8-6-12(7-9-13)16-17(21-11-3-10-20-16)14-4-1-2-5-15(14)19/h1-2,4-9H,3,10-11H2. The Balaban J connectivity index is 2.10. The van der Waals surface area contributed by atoms with Crippen LogP contribution in [0.15, 0.2) is 58.5 Å². The van der Waals surface area contributed by atoms with E-state index < -0.39 is 0 Å². The first-order valence-corrected chi connectivity index (χ1v) is 7.61. The molecule has 0 fully saturated rings. The Hall–Kier alpha value is -1.64. The first-order chi connectivity index (χ1) is 10.3. The molecule has 0 unspecified atom stereocenters. The summed E-state index contributed by atoms with van der Waals surface area (Å²) in [6.07, 6.45) is 0.949. The van der Waals surface area contributed by atoms with Crippen LogP contribution in [0.1, 0.15) is 17.5 Å². The molecule has 0 spiro atoms. The van der Waals surface area contributed by atoms with Gasteiger partial charge in [-0.1, -0.05) is 53.5 Å². The number of rotatable bonds is 2. The second-order valence-electron chi connectivity index (χ2n) is 4.80. The summed E-state index contributed by atoms with van der Waals surface area (Å²) in [5.41, 5.74) is 3.69. The maximum atomic E-state index is 6.33. The van der Waals surface area contributed by atoms with Gasteiger partial charge in [-0.3, -0.25) is 9.98 Å². The van der Waals surface area contributed by atoms with Crippen LogP contribution in [0, 0.1) is 0 Å². The monoisotopic (exact) mass is 316 g/mol. The second-order valence-corrected chi connectivity index (χ2v) is 5.64. The van der Waals surface area contributed by atoms with Crippen molar-refractivity contribution in [3.8, 4) is 0 Å². The lowest BCUT2D eigenvalue weighted by atomic mass is 9.99. The first-order valence-electron chi connectivity index (χ1n) is 6.86. The normalized spacial score (nSPS) is 15.1. The molecule has 3 rings (SSSR count). The van der Waals surface area contributed by atoms with Crippen LogP contribution < -0.4 is 0 Å². The van der Waals surface area contributed by atoms with Crippen LogP contribution in [-0.4, -0.2) is 24.5 Å². The zero-order chi connectivity index (χ0) is 14.7. The van der Waals surface area contributed by atoms with Crippen molar-refractivity contribution in [3.05, 3.63) is 69.7 Å². The lowest BCUT2D eigenvalue weighted by molar-refractivity contribution is 0.857. The lowest BCUT2D eigenvalue weighted by Gasteiger charge is -2.11. The Morgan fingerprint density at radius 1 is 0.762 bits per heavy atom. The van der Waals surface area contributed by atoms with E-state index in [1.54, 1.807) is 0 Å². The summed E-state index contributed by atoms with van der Waals surface area (Å²) in [6, 6.07) is 15.4. The molecule has 0 aliphatic carbocycles. The predicted octanol–water partition coefficient (Wildman–Crippen LogP) is 4.68. The summed E-state index contributed by atoms with van der Waals surface area (Å²) in [4.78, 5) is 9.41. The van der Waals surface area contributed by atoms with Crippen molar-refractivity contribution in [2.45, 2.75) is 6.42 Å². The number of halogens is 2. The number of hydrogen-bond acceptors (Lipinski definition) is 2. The zero-order valence-electron chi connectivity index (χ0n) is 11.4. The third-order valence-corrected chi connectivity index (χ3v) is 3.91. The van der Waals surface area contributed by atoms with Crippen molar-refractivity contribution in [2.24, 2.45) is 9.98 Å². The fourth-order valence-electron chi connectivity index (χ4n) is 2.30. The van der Waals surface area contributed by atoms with Gasteiger partial charge >= 0.3 is 0 Å². The molecule has 0 aromatic heterocycles. The summed E-state index contributed by atoms with van der Waals surface area (Å²) in [6.45, 7) is 1.54. The van der Waals surface area contributed by atoms with Crippen LogP contribution in [0.3, 0.4) is 0 Å². The van der Waals surface area contributed by atoms with Gasteiger partial charge in [-0.15, -0.1) is 0 Å². The highest BCUT2D eigenvalue weighted by Crippen LogP contribution is 2.21. The van der Waals surface area contributed by atoms with Crippen molar-refractivity contribution < 1.29 is 0 Å². The topological polar surface area (TPSA) is 24.7 Å². The molecule has 2 aromatic rings. The predicted molar refractivity (Wildman–Crippen MR) is 90.3 cm³/mol. The highest BCUT2D eigenvalue weighted by atomic mass is 35.5. The molecule has 106 valence electrons. The highest BCUT2D eigenvalue weighted by Gasteiger charge is 2.17. The van der Waals surface area contributed by atoms with Crippen LogP contribution >= 0.6 is 23.2 Å². The second kappa shape index (κ2) is 6.42. The fraction of sp³-hybridized carbons (Fsp3) is 0.176. The lowest BCUT2D eigenvalue weighted by Crippen LogP contribution is -2.17.